The second-order valence-corrected chi connectivity index (χ2v) is 17.2. The minimum atomic E-state index is -4.31. The summed E-state index contributed by atoms with van der Waals surface area (Å²) in [5, 5.41) is 13.4. The summed E-state index contributed by atoms with van der Waals surface area (Å²) in [6.07, 6.45) is 47.3. The van der Waals surface area contributed by atoms with E-state index in [2.05, 4.69) is 31.3 Å². The van der Waals surface area contributed by atoms with Gasteiger partial charge in [-0.15, -0.1) is 0 Å². The van der Waals surface area contributed by atoms with Crippen LogP contribution in [0.3, 0.4) is 0 Å². The Morgan fingerprint density at radius 1 is 0.510 bits per heavy atom. The number of nitrogens with one attached hydrogen (secondary N) is 1. The molecule has 2 atom stereocenters. The predicted molar refractivity (Wildman–Crippen MR) is 221 cm³/mol. The number of unbranched alkanes of at least 4 members (excludes halogenated alkanes) is 31. The Labute approximate surface area is 318 Å². The molecular formula is C44H87NO5S. The van der Waals surface area contributed by atoms with E-state index in [4.69, 9.17) is 0 Å². The van der Waals surface area contributed by atoms with Crippen LogP contribution in [0.25, 0.3) is 0 Å². The van der Waals surface area contributed by atoms with Crippen LogP contribution in [0.2, 0.25) is 0 Å². The zero-order valence-electron chi connectivity index (χ0n) is 34.0. The predicted octanol–water partition coefficient (Wildman–Crippen LogP) is 13.4. The van der Waals surface area contributed by atoms with Gasteiger partial charge in [0.2, 0.25) is 5.91 Å². The Hall–Kier alpha value is -0.920. The summed E-state index contributed by atoms with van der Waals surface area (Å²) in [6, 6.07) is -0.970. The maximum absolute atomic E-state index is 12.5. The summed E-state index contributed by atoms with van der Waals surface area (Å²) in [5.74, 6) is -0.892. The van der Waals surface area contributed by atoms with Crippen LogP contribution in [0.1, 0.15) is 245 Å². The van der Waals surface area contributed by atoms with Crippen LogP contribution in [0.15, 0.2) is 12.2 Å². The van der Waals surface area contributed by atoms with Gasteiger partial charge in [-0.25, -0.2) is 0 Å². The van der Waals surface area contributed by atoms with E-state index in [0.717, 1.165) is 38.5 Å². The number of aliphatic hydroxyl groups excluding tert-OH is 1. The first-order valence-electron chi connectivity index (χ1n) is 22.4. The molecule has 0 rings (SSSR count). The molecule has 0 heterocycles. The minimum absolute atomic E-state index is 0.247. The van der Waals surface area contributed by atoms with Crippen molar-refractivity contribution in [1.82, 2.24) is 5.32 Å². The van der Waals surface area contributed by atoms with Gasteiger partial charge in [0.05, 0.1) is 17.9 Å². The Kier molecular flexibility index (Phi) is 38.1. The Bertz CT molecular complexity index is 862. The second-order valence-electron chi connectivity index (χ2n) is 15.7. The van der Waals surface area contributed by atoms with Gasteiger partial charge in [-0.05, 0) is 38.5 Å². The minimum Gasteiger partial charge on any atom is -0.391 e. The lowest BCUT2D eigenvalue weighted by atomic mass is 10.0. The molecule has 0 saturated carbocycles. The molecule has 3 N–H and O–H groups in total. The lowest BCUT2D eigenvalue weighted by Gasteiger charge is -2.23. The first-order valence-corrected chi connectivity index (χ1v) is 24.0. The maximum atomic E-state index is 12.5. The summed E-state index contributed by atoms with van der Waals surface area (Å²) in [4.78, 5) is 12.5. The fourth-order valence-corrected chi connectivity index (χ4v) is 7.86. The van der Waals surface area contributed by atoms with Gasteiger partial charge in [-0.3, -0.25) is 9.35 Å². The molecule has 0 fully saturated rings. The lowest BCUT2D eigenvalue weighted by Crippen LogP contribution is -2.47. The summed E-state index contributed by atoms with van der Waals surface area (Å²) >= 11 is 0. The molecule has 2 unspecified atom stereocenters. The molecule has 7 heteroatoms. The number of amides is 1. The highest BCUT2D eigenvalue weighted by Crippen LogP contribution is 2.17. The van der Waals surface area contributed by atoms with Gasteiger partial charge < -0.3 is 10.4 Å². The fraction of sp³-hybridized carbons (Fsp3) is 0.932. The highest BCUT2D eigenvalue weighted by molar-refractivity contribution is 7.85. The third-order valence-electron chi connectivity index (χ3n) is 10.5. The summed E-state index contributed by atoms with van der Waals surface area (Å²) < 4.78 is 32.6. The second kappa shape index (κ2) is 38.8. The van der Waals surface area contributed by atoms with Crippen LogP contribution in [-0.2, 0) is 14.9 Å². The van der Waals surface area contributed by atoms with E-state index in [1.807, 2.05) is 0 Å². The quantitative estimate of drug-likeness (QED) is 0.0329. The van der Waals surface area contributed by atoms with Crippen molar-refractivity contribution in [2.45, 2.75) is 257 Å². The molecule has 0 aromatic rings. The normalized spacial score (nSPS) is 13.3. The number of rotatable bonds is 41. The van der Waals surface area contributed by atoms with Crippen LogP contribution < -0.4 is 5.32 Å². The highest BCUT2D eigenvalue weighted by Gasteiger charge is 2.26. The average Bonchev–Trinajstić information content (AvgIpc) is 3.09. The summed E-state index contributed by atoms with van der Waals surface area (Å²) in [5.41, 5.74) is 0. The molecule has 304 valence electrons. The van der Waals surface area contributed by atoms with Crippen molar-refractivity contribution in [1.29, 1.82) is 0 Å². The monoisotopic (exact) mass is 742 g/mol. The van der Waals surface area contributed by atoms with Crippen LogP contribution in [0, 0.1) is 0 Å². The Balaban J connectivity index is 3.80. The third-order valence-corrected chi connectivity index (χ3v) is 11.3. The van der Waals surface area contributed by atoms with E-state index in [1.165, 1.54) is 180 Å². The van der Waals surface area contributed by atoms with Crippen molar-refractivity contribution in [3.63, 3.8) is 0 Å². The molecule has 0 aromatic heterocycles. The van der Waals surface area contributed by atoms with E-state index < -0.39 is 28.0 Å². The number of hydrogen-bond acceptors (Lipinski definition) is 4. The fourth-order valence-electron chi connectivity index (χ4n) is 7.10. The van der Waals surface area contributed by atoms with Crippen molar-refractivity contribution in [3.8, 4) is 0 Å². The van der Waals surface area contributed by atoms with Crippen LogP contribution >= 0.6 is 0 Å². The third kappa shape index (κ3) is 40.1. The molecule has 0 spiro atoms. The van der Waals surface area contributed by atoms with E-state index in [-0.39, 0.29) is 5.91 Å². The molecule has 0 aliphatic rings. The number of carbonyl (C=O) groups excluding carboxylic acids is 1. The van der Waals surface area contributed by atoms with E-state index in [1.54, 1.807) is 0 Å². The molecule has 1 amide bonds. The van der Waals surface area contributed by atoms with Gasteiger partial charge in [0.15, 0.2) is 0 Å². The van der Waals surface area contributed by atoms with Crippen molar-refractivity contribution >= 4 is 16.0 Å². The van der Waals surface area contributed by atoms with Crippen LogP contribution in [0.4, 0.5) is 0 Å². The van der Waals surface area contributed by atoms with Gasteiger partial charge in [0, 0.05) is 6.42 Å². The molecular weight excluding hydrogens is 655 g/mol. The van der Waals surface area contributed by atoms with E-state index in [9.17, 15) is 22.9 Å². The zero-order valence-corrected chi connectivity index (χ0v) is 34.8. The van der Waals surface area contributed by atoms with Gasteiger partial charge in [-0.2, -0.15) is 8.42 Å². The van der Waals surface area contributed by atoms with Crippen molar-refractivity contribution in [3.05, 3.63) is 12.2 Å². The molecule has 0 radical (unpaired) electrons. The Morgan fingerprint density at radius 2 is 0.824 bits per heavy atom. The number of allylic oxidation sites excluding steroid dienone is 2. The lowest BCUT2D eigenvalue weighted by molar-refractivity contribution is -0.122. The number of carbonyl (C=O) groups is 1. The van der Waals surface area contributed by atoms with Crippen LogP contribution in [0.5, 0.6) is 0 Å². The SMILES string of the molecule is CCCCCCCC/C=C\CCCCCCCCCC(=O)NC(CS(=O)(=O)O)C(O)CCCCCCCCCCCCCCCCCCCCC. The number of aliphatic hydroxyl groups is 1. The van der Waals surface area contributed by atoms with Crippen molar-refractivity contribution in [2.75, 3.05) is 5.75 Å². The first kappa shape index (κ1) is 50.1. The van der Waals surface area contributed by atoms with Gasteiger partial charge >= 0.3 is 0 Å². The zero-order chi connectivity index (χ0) is 37.5. The molecule has 51 heavy (non-hydrogen) atoms. The molecule has 0 aliphatic heterocycles. The Morgan fingerprint density at radius 3 is 1.18 bits per heavy atom. The highest BCUT2D eigenvalue weighted by atomic mass is 32.2. The molecule has 0 aliphatic carbocycles. The smallest absolute Gasteiger partial charge is 0.266 e. The van der Waals surface area contributed by atoms with Crippen molar-refractivity contribution < 1.29 is 22.9 Å². The standard InChI is InChI=1S/C44H87NO5S/c1-3-5-7-9-11-13-15-17-19-21-22-24-25-27-29-31-33-35-37-39-43(46)42(41-51(48,49)50)45-44(47)40-38-36-34-32-30-28-26-23-20-18-16-14-12-10-8-6-4-2/h18,20,42-43,46H,3-17,19,21-41H2,1-2H3,(H,45,47)(H,48,49,50)/b20-18-. The topological polar surface area (TPSA) is 104 Å². The largest absolute Gasteiger partial charge is 0.391 e. The molecule has 0 aromatic carbocycles. The number of hydrogen-bond donors (Lipinski definition) is 3. The average molecular weight is 742 g/mol. The summed E-state index contributed by atoms with van der Waals surface area (Å²) in [7, 11) is -4.31. The summed E-state index contributed by atoms with van der Waals surface area (Å²) in [6.45, 7) is 4.54. The van der Waals surface area contributed by atoms with Crippen LogP contribution in [-0.4, -0.2) is 41.9 Å². The molecule has 0 saturated heterocycles. The van der Waals surface area contributed by atoms with Gasteiger partial charge in [-0.1, -0.05) is 212 Å². The maximum Gasteiger partial charge on any atom is 0.266 e. The molecule has 0 bridgehead atoms. The van der Waals surface area contributed by atoms with Gasteiger partial charge in [0.25, 0.3) is 10.1 Å². The van der Waals surface area contributed by atoms with Crippen molar-refractivity contribution in [2.24, 2.45) is 0 Å². The molecule has 6 nitrogen and oxygen atoms in total. The van der Waals surface area contributed by atoms with E-state index in [0.29, 0.717) is 12.8 Å². The first-order chi connectivity index (χ1) is 24.8. The van der Waals surface area contributed by atoms with E-state index >= 15 is 0 Å². The van der Waals surface area contributed by atoms with Gasteiger partial charge in [0.1, 0.15) is 0 Å².